The molecule has 0 aliphatic carbocycles. The van der Waals surface area contributed by atoms with Gasteiger partial charge in [-0.1, -0.05) is 39.0 Å². The molecule has 1 unspecified atom stereocenters. The highest BCUT2D eigenvalue weighted by molar-refractivity contribution is 5.88. The summed E-state index contributed by atoms with van der Waals surface area (Å²) < 4.78 is 5.72. The quantitative estimate of drug-likeness (QED) is 0.811. The number of nitrogens with one attached hydrogen (secondary N) is 1. The fourth-order valence-corrected chi connectivity index (χ4v) is 5.26. The number of benzene rings is 2. The summed E-state index contributed by atoms with van der Waals surface area (Å²) >= 11 is 0. The van der Waals surface area contributed by atoms with Gasteiger partial charge in [0, 0.05) is 24.7 Å². The maximum absolute atomic E-state index is 12.7. The highest BCUT2D eigenvalue weighted by Gasteiger charge is 2.52. The molecule has 2 aliphatic rings. The number of likely N-dealkylation sites (N-methyl/N-ethyl adjacent to an activating group) is 2. The highest BCUT2D eigenvalue weighted by Crippen LogP contribution is 2.51. The van der Waals surface area contributed by atoms with E-state index in [1.807, 2.05) is 12.1 Å². The van der Waals surface area contributed by atoms with Gasteiger partial charge >= 0.3 is 6.09 Å². The topological polar surface area (TPSA) is 44.8 Å². The van der Waals surface area contributed by atoms with Crippen molar-refractivity contribution in [3.63, 3.8) is 0 Å². The lowest BCUT2D eigenvalue weighted by Crippen LogP contribution is -2.45. The molecule has 0 bridgehead atoms. The number of nitrogens with zero attached hydrogens (tertiary/aromatic N) is 2. The van der Waals surface area contributed by atoms with Gasteiger partial charge in [0.25, 0.3) is 0 Å². The average molecular weight is 394 g/mol. The Balaban J connectivity index is 1.57. The lowest BCUT2D eigenvalue weighted by molar-refractivity contribution is 0.215. The zero-order chi connectivity index (χ0) is 20.8. The second-order valence-corrected chi connectivity index (χ2v) is 8.48. The van der Waals surface area contributed by atoms with E-state index < -0.39 is 6.09 Å². The molecule has 1 saturated heterocycles. The first-order valence-corrected chi connectivity index (χ1v) is 10.6. The Labute approximate surface area is 173 Å². The number of hydrogen-bond acceptors (Lipinski definition) is 4. The zero-order valence-corrected chi connectivity index (χ0v) is 18.1. The summed E-state index contributed by atoms with van der Waals surface area (Å²) in [4.78, 5) is 17.4. The van der Waals surface area contributed by atoms with Crippen LogP contribution in [0.5, 0.6) is 5.75 Å². The molecule has 1 N–H and O–H groups in total. The van der Waals surface area contributed by atoms with E-state index in [1.165, 1.54) is 11.3 Å². The summed E-state index contributed by atoms with van der Waals surface area (Å²) in [6.45, 7) is 7.58. The smallest absolute Gasteiger partial charge is 0.410 e. The molecule has 154 valence electrons. The molecule has 0 radical (unpaired) electrons. The van der Waals surface area contributed by atoms with Crippen LogP contribution < -0.4 is 15.0 Å². The summed E-state index contributed by atoms with van der Waals surface area (Å²) in [6, 6.07) is 12.2. The minimum absolute atomic E-state index is 0.0544. The van der Waals surface area contributed by atoms with Gasteiger partial charge in [0.15, 0.2) is 0 Å². The third-order valence-electron chi connectivity index (χ3n) is 6.74. The predicted octanol–water partition coefficient (Wildman–Crippen LogP) is 4.79. The van der Waals surface area contributed by atoms with Crippen molar-refractivity contribution in [1.29, 1.82) is 0 Å². The van der Waals surface area contributed by atoms with E-state index in [1.54, 1.807) is 0 Å². The Hall–Kier alpha value is -2.53. The van der Waals surface area contributed by atoms with E-state index >= 15 is 0 Å². The molecule has 0 spiro atoms. The van der Waals surface area contributed by atoms with Gasteiger partial charge in [-0.25, -0.2) is 4.79 Å². The first-order valence-electron chi connectivity index (χ1n) is 10.6. The van der Waals surface area contributed by atoms with Gasteiger partial charge in [0.2, 0.25) is 0 Å². The molecule has 1 amide bonds. The van der Waals surface area contributed by atoms with Gasteiger partial charge in [-0.15, -0.1) is 0 Å². The number of aryl methyl sites for hydroxylation is 2. The number of amides is 1. The zero-order valence-electron chi connectivity index (χ0n) is 18.1. The van der Waals surface area contributed by atoms with Gasteiger partial charge in [-0.3, -0.25) is 10.2 Å². The minimum Gasteiger partial charge on any atom is -0.410 e. The molecular formula is C24H31N3O2. The van der Waals surface area contributed by atoms with Crippen molar-refractivity contribution in [2.24, 2.45) is 0 Å². The summed E-state index contributed by atoms with van der Waals surface area (Å²) in [5.41, 5.74) is 5.68. The molecule has 2 aromatic carbocycles. The molecule has 29 heavy (non-hydrogen) atoms. The van der Waals surface area contributed by atoms with Crippen LogP contribution in [-0.2, 0) is 18.3 Å². The summed E-state index contributed by atoms with van der Waals surface area (Å²) in [5, 5.41) is 2.99. The number of carbonyl (C=O) groups is 1. The Bertz CT molecular complexity index is 919. The van der Waals surface area contributed by atoms with Crippen LogP contribution in [0.2, 0.25) is 0 Å². The van der Waals surface area contributed by atoms with E-state index in [0.717, 1.165) is 42.6 Å². The van der Waals surface area contributed by atoms with Crippen LogP contribution in [0.3, 0.4) is 0 Å². The average Bonchev–Trinajstić information content (AvgIpc) is 3.13. The van der Waals surface area contributed by atoms with Crippen molar-refractivity contribution in [3.05, 3.63) is 53.1 Å². The predicted molar refractivity (Wildman–Crippen MR) is 118 cm³/mol. The Kier molecular flexibility index (Phi) is 5.03. The molecule has 2 atom stereocenters. The molecule has 1 fully saturated rings. The fourth-order valence-electron chi connectivity index (χ4n) is 5.26. The van der Waals surface area contributed by atoms with E-state index in [4.69, 9.17) is 4.74 Å². The van der Waals surface area contributed by atoms with Gasteiger partial charge < -0.3 is 9.64 Å². The standard InChI is InChI=1S/C24H31N3O2/c1-6-16-9-8-10-17(7-2)21(16)25-23(28)29-18-11-12-20-19(15-18)24(3)13-14-26(4)22(24)27(20)5/h8-12,15,22H,6-7,13-14H2,1-5H3,(H,25,28)/t22?,24-/m0/s1. The van der Waals surface area contributed by atoms with Gasteiger partial charge in [0.05, 0.1) is 11.9 Å². The van der Waals surface area contributed by atoms with Gasteiger partial charge in [-0.05, 0) is 61.2 Å². The van der Waals surface area contributed by atoms with Crippen molar-refractivity contribution >= 4 is 17.5 Å². The highest BCUT2D eigenvalue weighted by atomic mass is 16.6. The molecule has 2 aliphatic heterocycles. The van der Waals surface area contributed by atoms with Crippen molar-refractivity contribution in [1.82, 2.24) is 4.90 Å². The number of hydrogen-bond donors (Lipinski definition) is 1. The maximum atomic E-state index is 12.7. The van der Waals surface area contributed by atoms with Crippen molar-refractivity contribution in [2.75, 3.05) is 30.9 Å². The molecule has 4 rings (SSSR count). The van der Waals surface area contributed by atoms with E-state index in [2.05, 4.69) is 74.2 Å². The van der Waals surface area contributed by atoms with Crippen molar-refractivity contribution < 1.29 is 9.53 Å². The lowest BCUT2D eigenvalue weighted by atomic mass is 9.81. The third kappa shape index (κ3) is 3.18. The monoisotopic (exact) mass is 393 g/mol. The SMILES string of the molecule is CCc1cccc(CC)c1NC(=O)Oc1ccc2c(c1)[C@]1(C)CCN(C)C1N2C. The number of ether oxygens (including phenoxy) is 1. The van der Waals surface area contributed by atoms with Crippen molar-refractivity contribution in [3.8, 4) is 5.75 Å². The summed E-state index contributed by atoms with van der Waals surface area (Å²) in [5.74, 6) is 0.595. The normalized spacial score (nSPS) is 23.1. The van der Waals surface area contributed by atoms with Crippen LogP contribution in [0.15, 0.2) is 36.4 Å². The first kappa shape index (κ1) is 19.8. The first-order chi connectivity index (χ1) is 13.9. The minimum atomic E-state index is -0.433. The Morgan fingerprint density at radius 1 is 1.17 bits per heavy atom. The fraction of sp³-hybridized carbons (Fsp3) is 0.458. The number of anilines is 2. The molecular weight excluding hydrogens is 362 g/mol. The number of fused-ring (bicyclic) bond motifs is 3. The van der Waals surface area contributed by atoms with Crippen LogP contribution in [0.1, 0.15) is 43.9 Å². The van der Waals surface area contributed by atoms with Gasteiger partial charge in [0.1, 0.15) is 5.75 Å². The number of likely N-dealkylation sites (tertiary alicyclic amines) is 1. The van der Waals surface area contributed by atoms with Crippen LogP contribution in [0, 0.1) is 0 Å². The number of para-hydroxylation sites is 1. The van der Waals surface area contributed by atoms with Crippen LogP contribution in [0.4, 0.5) is 16.2 Å². The third-order valence-corrected chi connectivity index (χ3v) is 6.74. The van der Waals surface area contributed by atoms with Crippen LogP contribution >= 0.6 is 0 Å². The molecule has 2 heterocycles. The largest absolute Gasteiger partial charge is 0.417 e. The summed E-state index contributed by atoms with van der Waals surface area (Å²) in [7, 11) is 4.33. The number of carbonyl (C=O) groups excluding carboxylic acids is 1. The number of rotatable bonds is 4. The molecule has 5 heteroatoms. The molecule has 5 nitrogen and oxygen atoms in total. The lowest BCUT2D eigenvalue weighted by Gasteiger charge is -2.32. The van der Waals surface area contributed by atoms with Crippen molar-refractivity contribution in [2.45, 2.75) is 51.6 Å². The van der Waals surface area contributed by atoms with E-state index in [-0.39, 0.29) is 5.41 Å². The Morgan fingerprint density at radius 2 is 1.86 bits per heavy atom. The van der Waals surface area contributed by atoms with Crippen LogP contribution in [-0.4, -0.2) is 37.8 Å². The van der Waals surface area contributed by atoms with Gasteiger partial charge in [-0.2, -0.15) is 0 Å². The molecule has 2 aromatic rings. The van der Waals surface area contributed by atoms with E-state index in [0.29, 0.717) is 11.9 Å². The molecule has 0 saturated carbocycles. The molecule has 0 aromatic heterocycles. The summed E-state index contributed by atoms with van der Waals surface area (Å²) in [6.07, 6.45) is 2.75. The van der Waals surface area contributed by atoms with E-state index in [9.17, 15) is 4.79 Å². The van der Waals surface area contributed by atoms with Crippen LogP contribution in [0.25, 0.3) is 0 Å². The maximum Gasteiger partial charge on any atom is 0.417 e. The second-order valence-electron chi connectivity index (χ2n) is 8.48. The second kappa shape index (κ2) is 7.38. The Morgan fingerprint density at radius 3 is 2.52 bits per heavy atom.